The molecule has 1 rings (SSSR count). The highest BCUT2D eigenvalue weighted by Crippen LogP contribution is 2.19. The fourth-order valence-corrected chi connectivity index (χ4v) is 1.78. The molecule has 98 valence electrons. The van der Waals surface area contributed by atoms with E-state index in [0.29, 0.717) is 23.6 Å². The second-order valence-corrected chi connectivity index (χ2v) is 5.48. The topological polar surface area (TPSA) is 66.4 Å². The average Bonchev–Trinajstić information content (AvgIpc) is 2.32. The average molecular weight is 382 g/mol. The van der Waals surface area contributed by atoms with Gasteiger partial charge in [-0.1, -0.05) is 18.5 Å². The summed E-state index contributed by atoms with van der Waals surface area (Å²) in [6.45, 7) is 1.94. The van der Waals surface area contributed by atoms with Gasteiger partial charge in [0.1, 0.15) is 0 Å². The number of carbonyl (C=O) groups excluding carboxylic acids is 1. The van der Waals surface area contributed by atoms with Crippen LogP contribution in [0.15, 0.2) is 18.2 Å². The molecular formula is C12H13ClINO3. The van der Waals surface area contributed by atoms with Gasteiger partial charge in [-0.25, -0.2) is 0 Å². The van der Waals surface area contributed by atoms with Crippen LogP contribution in [0.3, 0.4) is 0 Å². The Balaban J connectivity index is 2.50. The molecule has 0 bridgehead atoms. The Labute approximate surface area is 124 Å². The Kier molecular flexibility index (Phi) is 5.87. The molecule has 18 heavy (non-hydrogen) atoms. The lowest BCUT2D eigenvalue weighted by Crippen LogP contribution is -2.27. The smallest absolute Gasteiger partial charge is 0.306 e. The van der Waals surface area contributed by atoms with E-state index in [1.807, 2.05) is 0 Å². The van der Waals surface area contributed by atoms with Gasteiger partial charge in [-0.15, -0.1) is 0 Å². The summed E-state index contributed by atoms with van der Waals surface area (Å²) in [6.07, 6.45) is 0.402. The molecule has 0 aliphatic heterocycles. The molecule has 1 unspecified atom stereocenters. The van der Waals surface area contributed by atoms with Gasteiger partial charge >= 0.3 is 5.97 Å². The van der Waals surface area contributed by atoms with Crippen molar-refractivity contribution in [2.75, 3.05) is 6.54 Å². The van der Waals surface area contributed by atoms with Crippen molar-refractivity contribution in [1.29, 1.82) is 0 Å². The van der Waals surface area contributed by atoms with E-state index in [1.54, 1.807) is 25.1 Å². The van der Waals surface area contributed by atoms with Crippen molar-refractivity contribution in [2.24, 2.45) is 5.92 Å². The lowest BCUT2D eigenvalue weighted by Gasteiger charge is -2.08. The summed E-state index contributed by atoms with van der Waals surface area (Å²) in [5.41, 5.74) is 0.475. The van der Waals surface area contributed by atoms with Crippen LogP contribution < -0.4 is 5.32 Å². The molecule has 2 N–H and O–H groups in total. The van der Waals surface area contributed by atoms with Crippen molar-refractivity contribution in [3.05, 3.63) is 32.4 Å². The van der Waals surface area contributed by atoms with Gasteiger partial charge in [0.25, 0.3) is 5.91 Å². The number of hydrogen-bond donors (Lipinski definition) is 2. The number of benzene rings is 1. The molecule has 1 atom stereocenters. The van der Waals surface area contributed by atoms with Crippen LogP contribution in [0.4, 0.5) is 0 Å². The molecule has 4 nitrogen and oxygen atoms in total. The van der Waals surface area contributed by atoms with Gasteiger partial charge in [0.15, 0.2) is 0 Å². The standard InChI is InChI=1S/C12H13ClINO3/c1-7(12(17)18)4-5-15-11(16)8-2-3-10(14)9(13)6-8/h2-3,6-7H,4-5H2,1H3,(H,15,16)(H,17,18). The third-order valence-electron chi connectivity index (χ3n) is 2.47. The minimum Gasteiger partial charge on any atom is -0.481 e. The van der Waals surface area contributed by atoms with Crippen LogP contribution >= 0.6 is 34.2 Å². The third-order valence-corrected chi connectivity index (χ3v) is 4.04. The fourth-order valence-electron chi connectivity index (χ4n) is 1.27. The van der Waals surface area contributed by atoms with Gasteiger partial charge in [0.05, 0.1) is 10.9 Å². The first kappa shape index (κ1) is 15.2. The molecule has 0 aromatic heterocycles. The van der Waals surface area contributed by atoms with Crippen molar-refractivity contribution < 1.29 is 14.7 Å². The first-order chi connectivity index (χ1) is 8.41. The van der Waals surface area contributed by atoms with Gasteiger partial charge in [0.2, 0.25) is 0 Å². The molecule has 0 fully saturated rings. The number of carboxylic acids is 1. The number of aliphatic carboxylic acids is 1. The number of amides is 1. The zero-order chi connectivity index (χ0) is 13.7. The summed E-state index contributed by atoms with van der Waals surface area (Å²) in [5, 5.41) is 11.9. The number of halogens is 2. The van der Waals surface area contributed by atoms with E-state index >= 15 is 0 Å². The predicted octanol–water partition coefficient (Wildman–Crippen LogP) is 2.79. The first-order valence-corrected chi connectivity index (χ1v) is 6.83. The van der Waals surface area contributed by atoms with Gasteiger partial charge in [-0.2, -0.15) is 0 Å². The van der Waals surface area contributed by atoms with Crippen molar-refractivity contribution in [3.8, 4) is 0 Å². The van der Waals surface area contributed by atoms with Gasteiger partial charge in [-0.05, 0) is 47.2 Å². The summed E-state index contributed by atoms with van der Waals surface area (Å²) in [7, 11) is 0. The number of hydrogen-bond acceptors (Lipinski definition) is 2. The molecule has 0 heterocycles. The Bertz CT molecular complexity index is 465. The maximum Gasteiger partial charge on any atom is 0.306 e. The van der Waals surface area contributed by atoms with Crippen molar-refractivity contribution in [3.63, 3.8) is 0 Å². The Morgan fingerprint density at radius 3 is 2.72 bits per heavy atom. The zero-order valence-corrected chi connectivity index (χ0v) is 12.7. The van der Waals surface area contributed by atoms with Crippen molar-refractivity contribution in [2.45, 2.75) is 13.3 Å². The molecule has 0 radical (unpaired) electrons. The van der Waals surface area contributed by atoms with Crippen LogP contribution in [0.5, 0.6) is 0 Å². The minimum absolute atomic E-state index is 0.245. The SMILES string of the molecule is CC(CCNC(=O)c1ccc(I)c(Cl)c1)C(=O)O. The van der Waals surface area contributed by atoms with Crippen LogP contribution in [-0.4, -0.2) is 23.5 Å². The molecule has 1 aromatic rings. The van der Waals surface area contributed by atoms with Crippen molar-refractivity contribution in [1.82, 2.24) is 5.32 Å². The molecule has 0 aliphatic carbocycles. The van der Waals surface area contributed by atoms with E-state index in [4.69, 9.17) is 16.7 Å². The predicted molar refractivity (Wildman–Crippen MR) is 77.9 cm³/mol. The summed E-state index contributed by atoms with van der Waals surface area (Å²) < 4.78 is 0.880. The summed E-state index contributed by atoms with van der Waals surface area (Å²) in [6, 6.07) is 5.04. The highest BCUT2D eigenvalue weighted by molar-refractivity contribution is 14.1. The normalized spacial score (nSPS) is 11.9. The maximum atomic E-state index is 11.7. The van der Waals surface area contributed by atoms with Crippen LogP contribution in [-0.2, 0) is 4.79 Å². The maximum absolute atomic E-state index is 11.7. The highest BCUT2D eigenvalue weighted by atomic mass is 127. The molecule has 0 saturated heterocycles. The Hall–Kier alpha value is -0.820. The monoisotopic (exact) mass is 381 g/mol. The van der Waals surface area contributed by atoms with Gasteiger partial charge < -0.3 is 10.4 Å². The Morgan fingerprint density at radius 1 is 1.50 bits per heavy atom. The minimum atomic E-state index is -0.860. The van der Waals surface area contributed by atoms with Crippen LogP contribution in [0.25, 0.3) is 0 Å². The molecule has 6 heteroatoms. The van der Waals surface area contributed by atoms with E-state index in [2.05, 4.69) is 27.9 Å². The van der Waals surface area contributed by atoms with Crippen LogP contribution in [0.1, 0.15) is 23.7 Å². The van der Waals surface area contributed by atoms with E-state index in [-0.39, 0.29) is 5.91 Å². The Morgan fingerprint density at radius 2 is 2.17 bits per heavy atom. The largest absolute Gasteiger partial charge is 0.481 e. The van der Waals surface area contributed by atoms with Crippen molar-refractivity contribution >= 4 is 46.1 Å². The van der Waals surface area contributed by atoms with Crippen LogP contribution in [0, 0.1) is 9.49 Å². The zero-order valence-electron chi connectivity index (χ0n) is 9.74. The van der Waals surface area contributed by atoms with Crippen LogP contribution in [0.2, 0.25) is 5.02 Å². The number of rotatable bonds is 5. The third kappa shape index (κ3) is 4.45. The lowest BCUT2D eigenvalue weighted by atomic mass is 10.1. The second kappa shape index (κ2) is 6.94. The summed E-state index contributed by atoms with van der Waals surface area (Å²) >= 11 is 8.00. The second-order valence-electron chi connectivity index (χ2n) is 3.91. The number of carbonyl (C=O) groups is 2. The molecule has 1 aromatic carbocycles. The summed E-state index contributed by atoms with van der Waals surface area (Å²) in [4.78, 5) is 22.3. The molecule has 1 amide bonds. The number of carboxylic acid groups (broad SMARTS) is 1. The van der Waals surface area contributed by atoms with Gasteiger partial charge in [-0.3, -0.25) is 9.59 Å². The quantitative estimate of drug-likeness (QED) is 0.771. The lowest BCUT2D eigenvalue weighted by molar-refractivity contribution is -0.141. The van der Waals surface area contributed by atoms with E-state index in [1.165, 1.54) is 0 Å². The molecule has 0 saturated carbocycles. The van der Waals surface area contributed by atoms with Gasteiger partial charge in [0, 0.05) is 15.7 Å². The fraction of sp³-hybridized carbons (Fsp3) is 0.333. The van der Waals surface area contributed by atoms with E-state index in [0.717, 1.165) is 3.57 Å². The van der Waals surface area contributed by atoms with E-state index < -0.39 is 11.9 Å². The summed E-state index contributed by atoms with van der Waals surface area (Å²) in [5.74, 6) is -1.57. The molecule has 0 spiro atoms. The number of nitrogens with one attached hydrogen (secondary N) is 1. The first-order valence-electron chi connectivity index (χ1n) is 5.38. The highest BCUT2D eigenvalue weighted by Gasteiger charge is 2.12. The van der Waals surface area contributed by atoms with E-state index in [9.17, 15) is 9.59 Å². The molecular weight excluding hydrogens is 368 g/mol. The molecule has 0 aliphatic rings.